The van der Waals surface area contributed by atoms with Crippen molar-refractivity contribution in [1.29, 1.82) is 0 Å². The first-order valence-corrected chi connectivity index (χ1v) is 5.39. The minimum Gasteiger partial charge on any atom is -0.399 e. The number of hydrogen-bond acceptors (Lipinski definition) is 2. The molecule has 0 aliphatic rings. The lowest BCUT2D eigenvalue weighted by atomic mass is 10.1. The number of nitrogen functional groups attached to an aromatic ring is 1. The summed E-state index contributed by atoms with van der Waals surface area (Å²) in [7, 11) is 0. The molecule has 0 unspecified atom stereocenters. The zero-order valence-electron chi connectivity index (χ0n) is 9.34. The highest BCUT2D eigenvalue weighted by molar-refractivity contribution is 6.06. The summed E-state index contributed by atoms with van der Waals surface area (Å²) in [6.45, 7) is 0. The lowest BCUT2D eigenvalue weighted by molar-refractivity contribution is 0.104. The highest BCUT2D eigenvalue weighted by Gasteiger charge is 1.99. The standard InChI is InChI=1S/C15H13NO/c16-14-8-4-5-12(11-14)9-10-15(17)13-6-2-1-3-7-13/h1-11H,16H2. The van der Waals surface area contributed by atoms with E-state index in [1.54, 1.807) is 24.3 Å². The Balaban J connectivity index is 2.14. The van der Waals surface area contributed by atoms with E-state index in [4.69, 9.17) is 5.73 Å². The van der Waals surface area contributed by atoms with Gasteiger partial charge in [0, 0.05) is 11.3 Å². The predicted molar refractivity (Wildman–Crippen MR) is 70.7 cm³/mol. The van der Waals surface area contributed by atoms with Crippen LogP contribution in [0, 0.1) is 0 Å². The van der Waals surface area contributed by atoms with E-state index in [0.717, 1.165) is 5.56 Å². The molecule has 0 spiro atoms. The summed E-state index contributed by atoms with van der Waals surface area (Å²) in [5.74, 6) is -0.00646. The molecule has 0 fully saturated rings. The third-order valence-electron chi connectivity index (χ3n) is 2.40. The molecule has 2 heteroatoms. The van der Waals surface area contributed by atoms with Crippen LogP contribution in [0.3, 0.4) is 0 Å². The molecule has 0 aliphatic carbocycles. The van der Waals surface area contributed by atoms with E-state index in [-0.39, 0.29) is 5.78 Å². The molecule has 0 saturated carbocycles. The molecule has 0 aromatic heterocycles. The van der Waals surface area contributed by atoms with Gasteiger partial charge in [-0.15, -0.1) is 0 Å². The Kier molecular flexibility index (Phi) is 3.36. The number of nitrogens with two attached hydrogens (primary N) is 1. The monoisotopic (exact) mass is 223 g/mol. The Labute approximate surface area is 100 Å². The van der Waals surface area contributed by atoms with E-state index < -0.39 is 0 Å². The lowest BCUT2D eigenvalue weighted by Gasteiger charge is -1.96. The fourth-order valence-electron chi connectivity index (χ4n) is 1.53. The van der Waals surface area contributed by atoms with Crippen molar-refractivity contribution in [2.24, 2.45) is 0 Å². The van der Waals surface area contributed by atoms with Crippen LogP contribution < -0.4 is 5.73 Å². The van der Waals surface area contributed by atoms with Crippen molar-refractivity contribution in [3.63, 3.8) is 0 Å². The van der Waals surface area contributed by atoms with Gasteiger partial charge in [0.25, 0.3) is 0 Å². The summed E-state index contributed by atoms with van der Waals surface area (Å²) < 4.78 is 0. The van der Waals surface area contributed by atoms with Crippen molar-refractivity contribution in [1.82, 2.24) is 0 Å². The average molecular weight is 223 g/mol. The van der Waals surface area contributed by atoms with Gasteiger partial charge in [0.2, 0.25) is 0 Å². The summed E-state index contributed by atoms with van der Waals surface area (Å²) >= 11 is 0. The molecule has 0 aliphatic heterocycles. The zero-order chi connectivity index (χ0) is 12.1. The van der Waals surface area contributed by atoms with Crippen LogP contribution in [0.5, 0.6) is 0 Å². The highest BCUT2D eigenvalue weighted by atomic mass is 16.1. The van der Waals surface area contributed by atoms with Crippen LogP contribution in [-0.4, -0.2) is 5.78 Å². The topological polar surface area (TPSA) is 43.1 Å². The Morgan fingerprint density at radius 2 is 1.76 bits per heavy atom. The maximum atomic E-state index is 11.8. The second kappa shape index (κ2) is 5.12. The number of benzene rings is 2. The van der Waals surface area contributed by atoms with E-state index >= 15 is 0 Å². The van der Waals surface area contributed by atoms with Crippen LogP contribution in [0.4, 0.5) is 5.69 Å². The van der Waals surface area contributed by atoms with Gasteiger partial charge in [0.1, 0.15) is 0 Å². The molecular weight excluding hydrogens is 210 g/mol. The normalized spacial score (nSPS) is 10.6. The molecular formula is C15H13NO. The third kappa shape index (κ3) is 3.05. The van der Waals surface area contributed by atoms with Crippen molar-refractivity contribution < 1.29 is 4.79 Å². The van der Waals surface area contributed by atoms with Crippen LogP contribution in [0.25, 0.3) is 6.08 Å². The van der Waals surface area contributed by atoms with E-state index in [1.165, 1.54) is 0 Å². The van der Waals surface area contributed by atoms with Gasteiger partial charge in [-0.2, -0.15) is 0 Å². The van der Waals surface area contributed by atoms with Gasteiger partial charge in [0.05, 0.1) is 0 Å². The zero-order valence-corrected chi connectivity index (χ0v) is 9.34. The van der Waals surface area contributed by atoms with Crippen LogP contribution in [0.15, 0.2) is 60.7 Å². The molecule has 0 radical (unpaired) electrons. The fraction of sp³-hybridized carbons (Fsp3) is 0. The maximum absolute atomic E-state index is 11.8. The first kappa shape index (κ1) is 11.1. The summed E-state index contributed by atoms with van der Waals surface area (Å²) in [6.07, 6.45) is 3.33. The maximum Gasteiger partial charge on any atom is 0.185 e. The minimum atomic E-state index is -0.00646. The SMILES string of the molecule is Nc1cccc(C=CC(=O)c2ccccc2)c1. The molecule has 0 atom stereocenters. The van der Waals surface area contributed by atoms with Crippen molar-refractivity contribution >= 4 is 17.5 Å². The molecule has 0 bridgehead atoms. The Morgan fingerprint density at radius 3 is 2.47 bits per heavy atom. The van der Waals surface area contributed by atoms with Gasteiger partial charge in [-0.1, -0.05) is 48.5 Å². The second-order valence-electron chi connectivity index (χ2n) is 3.73. The first-order chi connectivity index (χ1) is 8.25. The summed E-state index contributed by atoms with van der Waals surface area (Å²) in [5.41, 5.74) is 7.96. The number of rotatable bonds is 3. The van der Waals surface area contributed by atoms with E-state index in [0.29, 0.717) is 11.3 Å². The fourth-order valence-corrected chi connectivity index (χ4v) is 1.53. The molecule has 2 nitrogen and oxygen atoms in total. The third-order valence-corrected chi connectivity index (χ3v) is 2.40. The largest absolute Gasteiger partial charge is 0.399 e. The van der Waals surface area contributed by atoms with Gasteiger partial charge in [-0.25, -0.2) is 0 Å². The van der Waals surface area contributed by atoms with Crippen LogP contribution in [0.2, 0.25) is 0 Å². The Bertz CT molecular complexity index is 544. The van der Waals surface area contributed by atoms with Crippen LogP contribution >= 0.6 is 0 Å². The molecule has 2 aromatic rings. The van der Waals surface area contributed by atoms with Crippen molar-refractivity contribution in [3.8, 4) is 0 Å². The quantitative estimate of drug-likeness (QED) is 0.493. The average Bonchev–Trinajstić information content (AvgIpc) is 2.37. The van der Waals surface area contributed by atoms with Crippen LogP contribution in [-0.2, 0) is 0 Å². The Hall–Kier alpha value is -2.35. The number of ketones is 1. The van der Waals surface area contributed by atoms with Crippen molar-refractivity contribution in [2.45, 2.75) is 0 Å². The smallest absolute Gasteiger partial charge is 0.185 e. The predicted octanol–water partition coefficient (Wildman–Crippen LogP) is 3.16. The lowest BCUT2D eigenvalue weighted by Crippen LogP contribution is -1.92. The first-order valence-electron chi connectivity index (χ1n) is 5.39. The number of carbonyl (C=O) groups excluding carboxylic acids is 1. The van der Waals surface area contributed by atoms with Gasteiger partial charge < -0.3 is 5.73 Å². The van der Waals surface area contributed by atoms with Gasteiger partial charge in [-0.3, -0.25) is 4.79 Å². The molecule has 0 heterocycles. The minimum absolute atomic E-state index is 0.00646. The molecule has 2 aromatic carbocycles. The van der Waals surface area contributed by atoms with Crippen molar-refractivity contribution in [2.75, 3.05) is 5.73 Å². The number of hydrogen-bond donors (Lipinski definition) is 1. The summed E-state index contributed by atoms with van der Waals surface area (Å²) in [6, 6.07) is 16.6. The highest BCUT2D eigenvalue weighted by Crippen LogP contribution is 2.09. The molecule has 2 N–H and O–H groups in total. The molecule has 0 saturated heterocycles. The van der Waals surface area contributed by atoms with Gasteiger partial charge >= 0.3 is 0 Å². The number of anilines is 1. The number of allylic oxidation sites excluding steroid dienone is 1. The molecule has 2 rings (SSSR count). The molecule has 0 amide bonds. The van der Waals surface area contributed by atoms with Gasteiger partial charge in [-0.05, 0) is 23.8 Å². The van der Waals surface area contributed by atoms with Crippen molar-refractivity contribution in [3.05, 3.63) is 71.8 Å². The van der Waals surface area contributed by atoms with Crippen LogP contribution in [0.1, 0.15) is 15.9 Å². The second-order valence-corrected chi connectivity index (χ2v) is 3.73. The molecule has 17 heavy (non-hydrogen) atoms. The number of carbonyl (C=O) groups is 1. The molecule has 84 valence electrons. The van der Waals surface area contributed by atoms with E-state index in [9.17, 15) is 4.79 Å². The summed E-state index contributed by atoms with van der Waals surface area (Å²) in [4.78, 5) is 11.8. The van der Waals surface area contributed by atoms with E-state index in [2.05, 4.69) is 0 Å². The van der Waals surface area contributed by atoms with E-state index in [1.807, 2.05) is 42.5 Å². The summed E-state index contributed by atoms with van der Waals surface area (Å²) in [5, 5.41) is 0. The van der Waals surface area contributed by atoms with Gasteiger partial charge in [0.15, 0.2) is 5.78 Å². The Morgan fingerprint density at radius 1 is 1.00 bits per heavy atom.